The number of benzene rings is 1. The molecule has 1 aromatic rings. The first kappa shape index (κ1) is 15.0. The van der Waals surface area contributed by atoms with E-state index < -0.39 is 12.6 Å². The molecule has 0 unspecified atom stereocenters. The van der Waals surface area contributed by atoms with E-state index in [2.05, 4.69) is 4.74 Å². The summed E-state index contributed by atoms with van der Waals surface area (Å²) in [5, 5.41) is 0.0746. The van der Waals surface area contributed by atoms with Gasteiger partial charge in [-0.3, -0.25) is 4.79 Å². The normalized spacial score (nSPS) is 10.6. The van der Waals surface area contributed by atoms with Crippen LogP contribution < -0.4 is 4.74 Å². The maximum Gasteiger partial charge on any atom is 0.387 e. The number of carbonyl (C=O) groups is 1. The quantitative estimate of drug-likeness (QED) is 0.778. The van der Waals surface area contributed by atoms with Crippen molar-refractivity contribution in [2.45, 2.75) is 20.0 Å². The minimum Gasteiger partial charge on any atom is -0.466 e. The maximum absolute atomic E-state index is 12.1. The van der Waals surface area contributed by atoms with Crippen LogP contribution in [-0.4, -0.2) is 19.2 Å². The number of halogens is 4. The van der Waals surface area contributed by atoms with Crippen molar-refractivity contribution in [2.75, 3.05) is 6.61 Å². The number of hydrogen-bond acceptors (Lipinski definition) is 3. The Bertz CT molecular complexity index is 439. The molecule has 1 rings (SSSR count). The molecule has 0 atom stereocenters. The highest BCUT2D eigenvalue weighted by molar-refractivity contribution is 6.37. The van der Waals surface area contributed by atoms with Gasteiger partial charge in [-0.05, 0) is 19.1 Å². The third-order valence-electron chi connectivity index (χ3n) is 1.99. The third-order valence-corrected chi connectivity index (χ3v) is 2.76. The molecule has 0 amide bonds. The number of rotatable bonds is 5. The van der Waals surface area contributed by atoms with Crippen molar-refractivity contribution in [3.05, 3.63) is 27.7 Å². The van der Waals surface area contributed by atoms with Crippen molar-refractivity contribution in [2.24, 2.45) is 0 Å². The van der Waals surface area contributed by atoms with Gasteiger partial charge in [-0.15, -0.1) is 0 Å². The molecule has 0 aliphatic carbocycles. The van der Waals surface area contributed by atoms with Crippen LogP contribution in [0.3, 0.4) is 0 Å². The van der Waals surface area contributed by atoms with Gasteiger partial charge in [0.2, 0.25) is 0 Å². The molecular formula is C11H10Cl2F2O3. The lowest BCUT2D eigenvalue weighted by Crippen LogP contribution is -2.09. The fourth-order valence-electron chi connectivity index (χ4n) is 1.28. The van der Waals surface area contributed by atoms with E-state index in [1.807, 2.05) is 0 Å². The lowest BCUT2D eigenvalue weighted by Gasteiger charge is -2.11. The van der Waals surface area contributed by atoms with Gasteiger partial charge in [-0.25, -0.2) is 0 Å². The number of carbonyl (C=O) groups excluding carboxylic acids is 1. The molecule has 0 aromatic heterocycles. The second kappa shape index (κ2) is 6.75. The average Bonchev–Trinajstić information content (AvgIpc) is 2.28. The summed E-state index contributed by atoms with van der Waals surface area (Å²) < 4.78 is 33.2. The maximum atomic E-state index is 12.1. The molecule has 100 valence electrons. The summed E-state index contributed by atoms with van der Waals surface area (Å²) in [4.78, 5) is 11.3. The molecule has 0 fully saturated rings. The van der Waals surface area contributed by atoms with Crippen LogP contribution in [0.1, 0.15) is 12.5 Å². The van der Waals surface area contributed by atoms with Crippen molar-refractivity contribution < 1.29 is 23.0 Å². The average molecular weight is 299 g/mol. The first-order chi connectivity index (χ1) is 8.45. The molecule has 18 heavy (non-hydrogen) atoms. The van der Waals surface area contributed by atoms with Gasteiger partial charge in [0.15, 0.2) is 0 Å². The second-order valence-corrected chi connectivity index (χ2v) is 3.98. The summed E-state index contributed by atoms with van der Waals surface area (Å²) in [6.45, 7) is -1.14. The van der Waals surface area contributed by atoms with Crippen molar-refractivity contribution in [3.63, 3.8) is 0 Å². The SMILES string of the molecule is CCOC(=O)Cc1c(Cl)ccc(OC(F)F)c1Cl. The van der Waals surface area contributed by atoms with E-state index in [4.69, 9.17) is 27.9 Å². The Labute approximate surface area is 113 Å². The summed E-state index contributed by atoms with van der Waals surface area (Å²) in [6.07, 6.45) is -0.202. The summed E-state index contributed by atoms with van der Waals surface area (Å²) in [5.41, 5.74) is 0.204. The molecular weight excluding hydrogens is 289 g/mol. The first-order valence-electron chi connectivity index (χ1n) is 5.03. The van der Waals surface area contributed by atoms with Gasteiger partial charge >= 0.3 is 12.6 Å². The molecule has 3 nitrogen and oxygen atoms in total. The second-order valence-electron chi connectivity index (χ2n) is 3.20. The van der Waals surface area contributed by atoms with Crippen molar-refractivity contribution >= 4 is 29.2 Å². The van der Waals surface area contributed by atoms with Crippen LogP contribution >= 0.6 is 23.2 Å². The van der Waals surface area contributed by atoms with E-state index in [1.165, 1.54) is 12.1 Å². The summed E-state index contributed by atoms with van der Waals surface area (Å²) in [5.74, 6) is -0.772. The van der Waals surface area contributed by atoms with Crippen molar-refractivity contribution in [1.29, 1.82) is 0 Å². The van der Waals surface area contributed by atoms with Gasteiger partial charge in [-0.2, -0.15) is 8.78 Å². The van der Waals surface area contributed by atoms with Crippen molar-refractivity contribution in [1.82, 2.24) is 0 Å². The number of ether oxygens (including phenoxy) is 2. The van der Waals surface area contributed by atoms with Crippen LogP contribution in [0.15, 0.2) is 12.1 Å². The van der Waals surface area contributed by atoms with Crippen LogP contribution in [0, 0.1) is 0 Å². The zero-order valence-electron chi connectivity index (χ0n) is 9.38. The summed E-state index contributed by atoms with van der Waals surface area (Å²) >= 11 is 11.7. The third kappa shape index (κ3) is 3.99. The fraction of sp³-hybridized carbons (Fsp3) is 0.364. The standard InChI is InChI=1S/C11H10Cl2F2O3/c1-2-17-9(16)5-6-7(12)3-4-8(10(6)13)18-11(14)15/h3-4,11H,2,5H2,1H3. The molecule has 0 saturated carbocycles. The lowest BCUT2D eigenvalue weighted by atomic mass is 10.1. The Morgan fingerprint density at radius 2 is 2.06 bits per heavy atom. The van der Waals surface area contributed by atoms with E-state index in [1.54, 1.807) is 6.92 Å². The number of esters is 1. The number of hydrogen-bond donors (Lipinski definition) is 0. The predicted molar refractivity (Wildman–Crippen MR) is 63.4 cm³/mol. The van der Waals surface area contributed by atoms with E-state index in [-0.39, 0.29) is 34.4 Å². The van der Waals surface area contributed by atoms with Crippen molar-refractivity contribution in [3.8, 4) is 5.75 Å². The molecule has 0 aliphatic heterocycles. The smallest absolute Gasteiger partial charge is 0.387 e. The largest absolute Gasteiger partial charge is 0.466 e. The molecule has 0 bridgehead atoms. The Morgan fingerprint density at radius 3 is 2.61 bits per heavy atom. The van der Waals surface area contributed by atoms with Gasteiger partial charge in [0.1, 0.15) is 5.75 Å². The Hall–Kier alpha value is -1.07. The van der Waals surface area contributed by atoms with Crippen LogP contribution in [-0.2, 0) is 16.0 Å². The predicted octanol–water partition coefficient (Wildman–Crippen LogP) is 3.70. The minimum atomic E-state index is -3.00. The molecule has 7 heteroatoms. The summed E-state index contributed by atoms with van der Waals surface area (Å²) in [6, 6.07) is 2.55. The fourth-order valence-corrected chi connectivity index (χ4v) is 1.83. The zero-order valence-corrected chi connectivity index (χ0v) is 10.9. The Balaban J connectivity index is 2.99. The van der Waals surface area contributed by atoms with E-state index in [0.29, 0.717) is 0 Å². The topological polar surface area (TPSA) is 35.5 Å². The monoisotopic (exact) mass is 298 g/mol. The number of alkyl halides is 2. The lowest BCUT2D eigenvalue weighted by molar-refractivity contribution is -0.142. The molecule has 0 aliphatic rings. The Kier molecular flexibility index (Phi) is 5.62. The van der Waals surface area contributed by atoms with Gasteiger partial charge in [0.05, 0.1) is 18.1 Å². The highest BCUT2D eigenvalue weighted by atomic mass is 35.5. The molecule has 0 N–H and O–H groups in total. The highest BCUT2D eigenvalue weighted by Crippen LogP contribution is 2.34. The van der Waals surface area contributed by atoms with Crippen LogP contribution in [0.4, 0.5) is 8.78 Å². The van der Waals surface area contributed by atoms with Crippen LogP contribution in [0.5, 0.6) is 5.75 Å². The van der Waals surface area contributed by atoms with Gasteiger partial charge in [0.25, 0.3) is 0 Å². The molecule has 0 radical (unpaired) electrons. The van der Waals surface area contributed by atoms with Crippen LogP contribution in [0.25, 0.3) is 0 Å². The molecule has 0 saturated heterocycles. The molecule has 0 heterocycles. The minimum absolute atomic E-state index is 0.115. The molecule has 1 aromatic carbocycles. The van der Waals surface area contributed by atoms with Gasteiger partial charge < -0.3 is 9.47 Å². The summed E-state index contributed by atoms with van der Waals surface area (Å²) in [7, 11) is 0. The van der Waals surface area contributed by atoms with E-state index >= 15 is 0 Å². The first-order valence-corrected chi connectivity index (χ1v) is 5.78. The van der Waals surface area contributed by atoms with Gasteiger partial charge in [-0.1, -0.05) is 23.2 Å². The molecule has 0 spiro atoms. The van der Waals surface area contributed by atoms with Crippen LogP contribution in [0.2, 0.25) is 10.0 Å². The van der Waals surface area contributed by atoms with Gasteiger partial charge in [0, 0.05) is 10.6 Å². The highest BCUT2D eigenvalue weighted by Gasteiger charge is 2.17. The Morgan fingerprint density at radius 1 is 1.39 bits per heavy atom. The van der Waals surface area contributed by atoms with E-state index in [0.717, 1.165) is 0 Å². The zero-order chi connectivity index (χ0) is 13.7. The van der Waals surface area contributed by atoms with E-state index in [9.17, 15) is 13.6 Å².